The monoisotopic (exact) mass is 328 g/mol. The van der Waals surface area contributed by atoms with Crippen LogP contribution in [0.25, 0.3) is 0 Å². The Morgan fingerprint density at radius 2 is 2.17 bits per heavy atom. The molecule has 3 unspecified atom stereocenters. The molecule has 0 aliphatic heterocycles. The first-order valence-electron chi connectivity index (χ1n) is 7.68. The summed E-state index contributed by atoms with van der Waals surface area (Å²) in [7, 11) is 0. The summed E-state index contributed by atoms with van der Waals surface area (Å²) in [6.07, 6.45) is 0.323. The number of aliphatic hydroxyl groups excluding tert-OH is 1. The van der Waals surface area contributed by atoms with Crippen molar-refractivity contribution in [1.29, 1.82) is 5.26 Å². The first kappa shape index (κ1) is 17.6. The normalized spacial score (nSPS) is 14.2. The van der Waals surface area contributed by atoms with Gasteiger partial charge in [-0.25, -0.2) is 0 Å². The number of rotatable bonds is 7. The summed E-state index contributed by atoms with van der Waals surface area (Å²) in [5, 5.41) is 21.7. The Morgan fingerprint density at radius 1 is 1.38 bits per heavy atom. The minimum Gasteiger partial charge on any atom is -0.481 e. The molecular formula is C18H20N2O4. The Kier molecular flexibility index (Phi) is 5.99. The van der Waals surface area contributed by atoms with Crippen molar-refractivity contribution in [3.63, 3.8) is 0 Å². The lowest BCUT2D eigenvalue weighted by molar-refractivity contribution is -0.128. The van der Waals surface area contributed by atoms with Crippen LogP contribution >= 0.6 is 0 Å². The molecule has 1 amide bonds. The number of hydrogen-bond donors (Lipinski definition) is 2. The number of nitrogens with zero attached hydrogens (tertiary/aromatic N) is 1. The number of hydrogen-bond acceptors (Lipinski definition) is 5. The number of carbonyl (C=O) groups is 1. The third-order valence-corrected chi connectivity index (χ3v) is 3.48. The molecule has 0 aliphatic rings. The maximum Gasteiger partial charge on any atom is 0.260 e. The van der Waals surface area contributed by atoms with Crippen LogP contribution in [0, 0.1) is 11.3 Å². The maximum atomic E-state index is 12.2. The number of benzene rings is 1. The Labute approximate surface area is 140 Å². The van der Waals surface area contributed by atoms with E-state index in [1.54, 1.807) is 50.2 Å². The average molecular weight is 328 g/mol. The number of nitriles is 1. The van der Waals surface area contributed by atoms with Gasteiger partial charge in [-0.1, -0.05) is 6.07 Å². The van der Waals surface area contributed by atoms with E-state index in [1.807, 2.05) is 6.07 Å². The molecule has 24 heavy (non-hydrogen) atoms. The van der Waals surface area contributed by atoms with Gasteiger partial charge in [0.2, 0.25) is 0 Å². The minimum atomic E-state index is -0.779. The maximum absolute atomic E-state index is 12.2. The molecule has 2 rings (SSSR count). The summed E-state index contributed by atoms with van der Waals surface area (Å²) >= 11 is 0. The highest BCUT2D eigenvalue weighted by Crippen LogP contribution is 2.19. The van der Waals surface area contributed by atoms with Crippen molar-refractivity contribution in [3.05, 3.63) is 54.0 Å². The zero-order valence-corrected chi connectivity index (χ0v) is 13.6. The third-order valence-electron chi connectivity index (χ3n) is 3.48. The summed E-state index contributed by atoms with van der Waals surface area (Å²) in [5.74, 6) is 0.630. The quantitative estimate of drug-likeness (QED) is 0.814. The standard InChI is InChI=1S/C18H20N2O4/c1-12(9-16(21)17-7-4-8-23-17)20-18(22)13(2)24-15-6-3-5-14(10-15)11-19/h3-8,10,12-13,16,21H,9H2,1-2H3,(H,20,22). The number of furan rings is 1. The molecule has 0 radical (unpaired) electrons. The van der Waals surface area contributed by atoms with Gasteiger partial charge in [0.1, 0.15) is 17.6 Å². The molecule has 1 heterocycles. The third kappa shape index (κ3) is 4.86. The molecule has 6 nitrogen and oxygen atoms in total. The van der Waals surface area contributed by atoms with Crippen LogP contribution in [-0.4, -0.2) is 23.2 Å². The summed E-state index contributed by atoms with van der Waals surface area (Å²) in [5.41, 5.74) is 0.468. The molecule has 0 aliphatic carbocycles. The average Bonchev–Trinajstić information content (AvgIpc) is 3.09. The second kappa shape index (κ2) is 8.18. The van der Waals surface area contributed by atoms with Crippen molar-refractivity contribution < 1.29 is 19.1 Å². The topological polar surface area (TPSA) is 95.5 Å². The zero-order valence-electron chi connectivity index (χ0n) is 13.6. The highest BCUT2D eigenvalue weighted by Gasteiger charge is 2.20. The van der Waals surface area contributed by atoms with E-state index in [2.05, 4.69) is 5.32 Å². The number of amides is 1. The van der Waals surface area contributed by atoms with Gasteiger partial charge in [0.15, 0.2) is 6.10 Å². The van der Waals surface area contributed by atoms with Crippen molar-refractivity contribution in [2.75, 3.05) is 0 Å². The lowest BCUT2D eigenvalue weighted by Gasteiger charge is -2.20. The fourth-order valence-corrected chi connectivity index (χ4v) is 2.25. The van der Waals surface area contributed by atoms with Gasteiger partial charge in [-0.15, -0.1) is 0 Å². The van der Waals surface area contributed by atoms with Crippen molar-refractivity contribution in [2.24, 2.45) is 0 Å². The van der Waals surface area contributed by atoms with Crippen LogP contribution in [0.1, 0.15) is 37.7 Å². The Balaban J connectivity index is 1.85. The lowest BCUT2D eigenvalue weighted by atomic mass is 10.1. The predicted molar refractivity (Wildman–Crippen MR) is 87.1 cm³/mol. The van der Waals surface area contributed by atoms with E-state index in [1.165, 1.54) is 6.26 Å². The molecule has 0 fully saturated rings. The molecule has 2 N–H and O–H groups in total. The van der Waals surface area contributed by atoms with Crippen LogP contribution in [0.15, 0.2) is 47.1 Å². The summed E-state index contributed by atoms with van der Waals surface area (Å²) in [6, 6.07) is 11.8. The van der Waals surface area contributed by atoms with Crippen molar-refractivity contribution in [2.45, 2.75) is 38.5 Å². The highest BCUT2D eigenvalue weighted by atomic mass is 16.5. The Bertz CT molecular complexity index is 706. The molecule has 126 valence electrons. The van der Waals surface area contributed by atoms with Crippen LogP contribution < -0.4 is 10.1 Å². The van der Waals surface area contributed by atoms with E-state index in [0.29, 0.717) is 23.5 Å². The minimum absolute atomic E-state index is 0.255. The summed E-state index contributed by atoms with van der Waals surface area (Å²) < 4.78 is 10.7. The van der Waals surface area contributed by atoms with E-state index in [4.69, 9.17) is 14.4 Å². The number of ether oxygens (including phenoxy) is 1. The van der Waals surface area contributed by atoms with Gasteiger partial charge in [-0.05, 0) is 44.2 Å². The van der Waals surface area contributed by atoms with E-state index in [9.17, 15) is 9.90 Å². The molecular weight excluding hydrogens is 308 g/mol. The number of nitrogens with one attached hydrogen (secondary N) is 1. The van der Waals surface area contributed by atoms with Crippen LogP contribution in [0.2, 0.25) is 0 Å². The Morgan fingerprint density at radius 3 is 2.83 bits per heavy atom. The first-order valence-corrected chi connectivity index (χ1v) is 7.68. The molecule has 0 bridgehead atoms. The van der Waals surface area contributed by atoms with E-state index >= 15 is 0 Å². The number of aliphatic hydroxyl groups is 1. The van der Waals surface area contributed by atoms with Crippen LogP contribution in [0.5, 0.6) is 5.75 Å². The van der Waals surface area contributed by atoms with Crippen LogP contribution in [0.4, 0.5) is 0 Å². The van der Waals surface area contributed by atoms with E-state index in [0.717, 1.165) is 0 Å². The van der Waals surface area contributed by atoms with Crippen molar-refractivity contribution >= 4 is 5.91 Å². The van der Waals surface area contributed by atoms with Crippen molar-refractivity contribution in [3.8, 4) is 11.8 Å². The zero-order chi connectivity index (χ0) is 17.5. The number of carbonyl (C=O) groups excluding carboxylic acids is 1. The second-order valence-corrected chi connectivity index (χ2v) is 5.58. The van der Waals surface area contributed by atoms with E-state index < -0.39 is 12.2 Å². The lowest BCUT2D eigenvalue weighted by Crippen LogP contribution is -2.41. The molecule has 3 atom stereocenters. The van der Waals surface area contributed by atoms with Crippen molar-refractivity contribution in [1.82, 2.24) is 5.32 Å². The highest BCUT2D eigenvalue weighted by molar-refractivity contribution is 5.81. The predicted octanol–water partition coefficient (Wildman–Crippen LogP) is 2.55. The largest absolute Gasteiger partial charge is 0.481 e. The molecule has 0 saturated heterocycles. The smallest absolute Gasteiger partial charge is 0.260 e. The van der Waals surface area contributed by atoms with Gasteiger partial charge < -0.3 is 19.6 Å². The molecule has 1 aromatic carbocycles. The first-order chi connectivity index (χ1) is 11.5. The van der Waals surface area contributed by atoms with Crippen LogP contribution in [0.3, 0.4) is 0 Å². The SMILES string of the molecule is CC(CC(O)c1ccco1)NC(=O)C(C)Oc1cccc(C#N)c1. The second-order valence-electron chi connectivity index (χ2n) is 5.58. The molecule has 0 spiro atoms. The molecule has 0 saturated carbocycles. The van der Waals surface area contributed by atoms with E-state index in [-0.39, 0.29) is 11.9 Å². The van der Waals surface area contributed by atoms with Gasteiger partial charge in [0, 0.05) is 12.5 Å². The van der Waals surface area contributed by atoms with Gasteiger partial charge in [0.05, 0.1) is 17.9 Å². The van der Waals surface area contributed by atoms with Crippen LogP contribution in [-0.2, 0) is 4.79 Å². The fourth-order valence-electron chi connectivity index (χ4n) is 2.25. The molecule has 1 aromatic heterocycles. The fraction of sp³-hybridized carbons (Fsp3) is 0.333. The summed E-state index contributed by atoms with van der Waals surface area (Å²) in [6.45, 7) is 3.43. The summed E-state index contributed by atoms with van der Waals surface area (Å²) in [4.78, 5) is 12.2. The van der Waals surface area contributed by atoms with Gasteiger partial charge >= 0.3 is 0 Å². The van der Waals surface area contributed by atoms with Gasteiger partial charge in [-0.2, -0.15) is 5.26 Å². The molecule has 6 heteroatoms. The van der Waals surface area contributed by atoms with Gasteiger partial charge in [-0.3, -0.25) is 4.79 Å². The Hall–Kier alpha value is -2.78. The molecule has 2 aromatic rings. The van der Waals surface area contributed by atoms with Gasteiger partial charge in [0.25, 0.3) is 5.91 Å².